The van der Waals surface area contributed by atoms with Crippen LogP contribution in [0.4, 0.5) is 0 Å². The third-order valence-corrected chi connectivity index (χ3v) is 3.19. The van der Waals surface area contributed by atoms with Crippen molar-refractivity contribution < 1.29 is 4.79 Å². The van der Waals surface area contributed by atoms with E-state index in [-0.39, 0.29) is 11.9 Å². The molecule has 17 heavy (non-hydrogen) atoms. The van der Waals surface area contributed by atoms with Crippen molar-refractivity contribution in [3.63, 3.8) is 0 Å². The summed E-state index contributed by atoms with van der Waals surface area (Å²) in [5.41, 5.74) is 3.37. The minimum atomic E-state index is -0.138. The van der Waals surface area contributed by atoms with Crippen LogP contribution in [-0.4, -0.2) is 28.9 Å². The summed E-state index contributed by atoms with van der Waals surface area (Å²) in [5.74, 6) is 5.00. The number of hydrogen-bond donors (Lipinski definition) is 2. The molecule has 0 saturated carbocycles. The molecule has 5 nitrogen and oxygen atoms in total. The fraction of sp³-hybridized carbons (Fsp3) is 0.500. The molecule has 0 unspecified atom stereocenters. The minimum Gasteiger partial charge on any atom is -0.293 e. The average molecular weight is 234 g/mol. The van der Waals surface area contributed by atoms with Crippen LogP contribution in [0.25, 0.3) is 0 Å². The molecule has 1 aromatic rings. The molecule has 1 aliphatic rings. The number of pyridine rings is 1. The van der Waals surface area contributed by atoms with E-state index in [9.17, 15) is 4.79 Å². The van der Waals surface area contributed by atoms with Gasteiger partial charge in [-0.3, -0.25) is 20.1 Å². The molecule has 1 aliphatic heterocycles. The summed E-state index contributed by atoms with van der Waals surface area (Å²) in [4.78, 5) is 17.7. The Morgan fingerprint density at radius 1 is 1.59 bits per heavy atom. The molecular formula is C12H18N4O. The number of rotatable bonds is 3. The van der Waals surface area contributed by atoms with Crippen molar-refractivity contribution in [3.05, 3.63) is 30.1 Å². The molecular weight excluding hydrogens is 216 g/mol. The largest absolute Gasteiger partial charge is 0.293 e. The van der Waals surface area contributed by atoms with E-state index in [1.165, 1.54) is 12.0 Å². The molecule has 1 aromatic heterocycles. The van der Waals surface area contributed by atoms with Crippen molar-refractivity contribution in [2.75, 3.05) is 13.1 Å². The standard InChI is InChI=1S/C12H18N4O/c13-15-12(17)9-16-7-2-1-5-11(16)10-4-3-6-14-8-10/h3-4,6,8,11H,1-2,5,7,9,13H2,(H,15,17)/t11-/m1/s1. The minimum absolute atomic E-state index is 0.138. The van der Waals surface area contributed by atoms with Gasteiger partial charge in [-0.25, -0.2) is 5.84 Å². The lowest BCUT2D eigenvalue weighted by Crippen LogP contribution is -2.43. The first-order valence-electron chi connectivity index (χ1n) is 5.94. The summed E-state index contributed by atoms with van der Waals surface area (Å²) in [7, 11) is 0. The number of nitrogens with two attached hydrogens (primary N) is 1. The van der Waals surface area contributed by atoms with Crippen LogP contribution in [0, 0.1) is 0 Å². The van der Waals surface area contributed by atoms with Gasteiger partial charge in [-0.2, -0.15) is 0 Å². The molecule has 0 aromatic carbocycles. The van der Waals surface area contributed by atoms with Gasteiger partial charge in [0.1, 0.15) is 0 Å². The second-order valence-electron chi connectivity index (χ2n) is 4.34. The van der Waals surface area contributed by atoms with Gasteiger partial charge in [0.2, 0.25) is 5.91 Å². The van der Waals surface area contributed by atoms with Crippen molar-refractivity contribution >= 4 is 5.91 Å². The van der Waals surface area contributed by atoms with Crippen LogP contribution in [0.3, 0.4) is 0 Å². The first-order valence-corrected chi connectivity index (χ1v) is 5.94. The predicted octanol–water partition coefficient (Wildman–Crippen LogP) is 0.598. The summed E-state index contributed by atoms with van der Waals surface area (Å²) < 4.78 is 0. The summed E-state index contributed by atoms with van der Waals surface area (Å²) in [6, 6.07) is 4.29. The van der Waals surface area contributed by atoms with Crippen molar-refractivity contribution in [1.82, 2.24) is 15.3 Å². The van der Waals surface area contributed by atoms with Crippen LogP contribution >= 0.6 is 0 Å². The Kier molecular flexibility index (Phi) is 4.06. The average Bonchev–Trinajstić information content (AvgIpc) is 2.40. The van der Waals surface area contributed by atoms with E-state index in [1.807, 2.05) is 12.3 Å². The van der Waals surface area contributed by atoms with Gasteiger partial charge in [-0.15, -0.1) is 0 Å². The number of amides is 1. The van der Waals surface area contributed by atoms with E-state index in [2.05, 4.69) is 21.4 Å². The Morgan fingerprint density at radius 2 is 2.47 bits per heavy atom. The van der Waals surface area contributed by atoms with Gasteiger partial charge >= 0.3 is 0 Å². The van der Waals surface area contributed by atoms with Crippen LogP contribution in [0.5, 0.6) is 0 Å². The number of likely N-dealkylation sites (tertiary alicyclic amines) is 1. The van der Waals surface area contributed by atoms with Crippen LogP contribution in [-0.2, 0) is 4.79 Å². The van der Waals surface area contributed by atoms with Crippen LogP contribution < -0.4 is 11.3 Å². The fourth-order valence-corrected chi connectivity index (χ4v) is 2.36. The maximum Gasteiger partial charge on any atom is 0.248 e. The SMILES string of the molecule is NNC(=O)CN1CCCC[C@@H]1c1cccnc1. The van der Waals surface area contributed by atoms with Crippen molar-refractivity contribution in [3.8, 4) is 0 Å². The van der Waals surface area contributed by atoms with E-state index in [0.29, 0.717) is 6.54 Å². The lowest BCUT2D eigenvalue weighted by atomic mass is 9.96. The topological polar surface area (TPSA) is 71.2 Å². The zero-order chi connectivity index (χ0) is 12.1. The third kappa shape index (κ3) is 3.01. The number of nitrogens with one attached hydrogen (secondary N) is 1. The number of aromatic nitrogens is 1. The maximum absolute atomic E-state index is 11.4. The highest BCUT2D eigenvalue weighted by Gasteiger charge is 2.25. The summed E-state index contributed by atoms with van der Waals surface area (Å²) in [6.45, 7) is 1.29. The Bertz CT molecular complexity index is 368. The van der Waals surface area contributed by atoms with E-state index >= 15 is 0 Å². The molecule has 92 valence electrons. The molecule has 0 spiro atoms. The van der Waals surface area contributed by atoms with E-state index < -0.39 is 0 Å². The molecule has 0 bridgehead atoms. The van der Waals surface area contributed by atoms with Crippen LogP contribution in [0.15, 0.2) is 24.5 Å². The van der Waals surface area contributed by atoms with E-state index in [0.717, 1.165) is 19.4 Å². The molecule has 0 radical (unpaired) electrons. The molecule has 1 fully saturated rings. The Labute approximate surface area is 101 Å². The molecule has 2 heterocycles. The zero-order valence-electron chi connectivity index (χ0n) is 9.80. The fourth-order valence-electron chi connectivity index (χ4n) is 2.36. The molecule has 2 rings (SSSR count). The number of carbonyl (C=O) groups is 1. The first-order chi connectivity index (χ1) is 8.31. The van der Waals surface area contributed by atoms with Gasteiger partial charge in [0.05, 0.1) is 6.54 Å². The third-order valence-electron chi connectivity index (χ3n) is 3.19. The van der Waals surface area contributed by atoms with Crippen molar-refractivity contribution in [1.29, 1.82) is 0 Å². The van der Waals surface area contributed by atoms with Gasteiger partial charge in [-0.05, 0) is 31.0 Å². The Morgan fingerprint density at radius 3 is 3.18 bits per heavy atom. The van der Waals surface area contributed by atoms with E-state index in [1.54, 1.807) is 6.20 Å². The lowest BCUT2D eigenvalue weighted by molar-refractivity contribution is -0.123. The molecule has 1 atom stereocenters. The van der Waals surface area contributed by atoms with Gasteiger partial charge in [0.25, 0.3) is 0 Å². The number of hydrazine groups is 1. The summed E-state index contributed by atoms with van der Waals surface area (Å²) in [6.07, 6.45) is 7.05. The number of nitrogens with zero attached hydrogens (tertiary/aromatic N) is 2. The van der Waals surface area contributed by atoms with Crippen molar-refractivity contribution in [2.45, 2.75) is 25.3 Å². The van der Waals surface area contributed by atoms with Gasteiger partial charge in [0.15, 0.2) is 0 Å². The highest BCUT2D eigenvalue weighted by Crippen LogP contribution is 2.29. The first kappa shape index (κ1) is 12.0. The van der Waals surface area contributed by atoms with Gasteiger partial charge in [-0.1, -0.05) is 12.5 Å². The quantitative estimate of drug-likeness (QED) is 0.456. The molecule has 1 amide bonds. The van der Waals surface area contributed by atoms with Crippen molar-refractivity contribution in [2.24, 2.45) is 5.84 Å². The molecule has 1 saturated heterocycles. The second-order valence-corrected chi connectivity index (χ2v) is 4.34. The predicted molar refractivity (Wildman–Crippen MR) is 64.7 cm³/mol. The van der Waals surface area contributed by atoms with Crippen LogP contribution in [0.1, 0.15) is 30.9 Å². The molecule has 5 heteroatoms. The second kappa shape index (κ2) is 5.75. The maximum atomic E-state index is 11.4. The summed E-state index contributed by atoms with van der Waals surface area (Å²) >= 11 is 0. The highest BCUT2D eigenvalue weighted by atomic mass is 16.2. The van der Waals surface area contributed by atoms with E-state index in [4.69, 9.17) is 5.84 Å². The smallest absolute Gasteiger partial charge is 0.248 e. The summed E-state index contributed by atoms with van der Waals surface area (Å²) in [5, 5.41) is 0. The van der Waals surface area contributed by atoms with Gasteiger partial charge in [0, 0.05) is 18.4 Å². The monoisotopic (exact) mass is 234 g/mol. The normalized spacial score (nSPS) is 21.1. The number of carbonyl (C=O) groups excluding carboxylic acids is 1. The lowest BCUT2D eigenvalue weighted by Gasteiger charge is -2.35. The van der Waals surface area contributed by atoms with Crippen LogP contribution in [0.2, 0.25) is 0 Å². The Balaban J connectivity index is 2.09. The molecule has 0 aliphatic carbocycles. The Hall–Kier alpha value is -1.46. The highest BCUT2D eigenvalue weighted by molar-refractivity contribution is 5.77. The number of hydrogen-bond acceptors (Lipinski definition) is 4. The zero-order valence-corrected chi connectivity index (χ0v) is 9.80. The molecule has 3 N–H and O–H groups in total. The van der Waals surface area contributed by atoms with Gasteiger partial charge < -0.3 is 0 Å². The number of piperidine rings is 1.